The molecule has 4 rings (SSSR count). The fourth-order valence-electron chi connectivity index (χ4n) is 4.21. The van der Waals surface area contributed by atoms with Crippen molar-refractivity contribution in [1.29, 1.82) is 0 Å². The maximum Gasteiger partial charge on any atom is 0.324 e. The molecule has 28 heavy (non-hydrogen) atoms. The average Bonchev–Trinajstić information content (AvgIpc) is 3.12. The molecular formula is C20H17BrN2O5. The predicted molar refractivity (Wildman–Crippen MR) is 104 cm³/mol. The van der Waals surface area contributed by atoms with E-state index >= 15 is 0 Å². The number of imide groups is 1. The van der Waals surface area contributed by atoms with E-state index in [1.54, 1.807) is 42.5 Å². The first-order chi connectivity index (χ1) is 13.3. The normalized spacial score (nSPS) is 29.2. The van der Waals surface area contributed by atoms with Gasteiger partial charge in [0.15, 0.2) is 0 Å². The highest BCUT2D eigenvalue weighted by atomic mass is 79.9. The van der Waals surface area contributed by atoms with E-state index in [0.29, 0.717) is 15.7 Å². The number of carbonyl (C=O) groups excluding carboxylic acids is 2. The minimum absolute atomic E-state index is 0.0764. The summed E-state index contributed by atoms with van der Waals surface area (Å²) in [5.74, 6) is -4.39. The lowest BCUT2D eigenvalue weighted by Crippen LogP contribution is -2.53. The number of carboxylic acids is 1. The van der Waals surface area contributed by atoms with Gasteiger partial charge in [-0.25, -0.2) is 4.90 Å². The van der Waals surface area contributed by atoms with E-state index in [1.807, 2.05) is 0 Å². The van der Waals surface area contributed by atoms with Crippen LogP contribution in [-0.4, -0.2) is 33.5 Å². The van der Waals surface area contributed by atoms with Gasteiger partial charge in [0.05, 0.1) is 17.5 Å². The maximum absolute atomic E-state index is 13.3. The number of carboxylic acid groups (broad SMARTS) is 1. The summed E-state index contributed by atoms with van der Waals surface area (Å²) in [4.78, 5) is 39.6. The molecule has 2 amide bonds. The number of aromatic hydroxyl groups is 1. The van der Waals surface area contributed by atoms with Gasteiger partial charge in [-0.15, -0.1) is 0 Å². The molecule has 4 atom stereocenters. The Bertz CT molecular complexity index is 995. The van der Waals surface area contributed by atoms with E-state index in [1.165, 1.54) is 13.0 Å². The van der Waals surface area contributed by atoms with Crippen LogP contribution in [0, 0.1) is 11.8 Å². The van der Waals surface area contributed by atoms with Crippen molar-refractivity contribution in [3.8, 4) is 5.75 Å². The number of anilines is 1. The Morgan fingerprint density at radius 1 is 1.14 bits per heavy atom. The highest BCUT2D eigenvalue weighted by Gasteiger charge is 2.67. The van der Waals surface area contributed by atoms with Crippen LogP contribution in [0.15, 0.2) is 53.0 Å². The number of hydrogen-bond acceptors (Lipinski definition) is 5. The van der Waals surface area contributed by atoms with Gasteiger partial charge in [-0.3, -0.25) is 19.7 Å². The zero-order valence-electron chi connectivity index (χ0n) is 14.8. The molecule has 8 heteroatoms. The molecular weight excluding hydrogens is 428 g/mol. The second kappa shape index (κ2) is 6.42. The largest absolute Gasteiger partial charge is 0.508 e. The van der Waals surface area contributed by atoms with Crippen LogP contribution in [0.5, 0.6) is 5.75 Å². The van der Waals surface area contributed by atoms with Crippen molar-refractivity contribution in [1.82, 2.24) is 5.32 Å². The molecule has 0 aliphatic carbocycles. The lowest BCUT2D eigenvalue weighted by molar-refractivity contribution is -0.147. The number of halogens is 1. The number of benzene rings is 2. The second-order valence-electron chi connectivity index (χ2n) is 7.18. The first-order valence-corrected chi connectivity index (χ1v) is 9.47. The number of para-hydroxylation sites is 1. The van der Waals surface area contributed by atoms with E-state index < -0.39 is 41.2 Å². The Morgan fingerprint density at radius 2 is 1.82 bits per heavy atom. The van der Waals surface area contributed by atoms with Crippen LogP contribution in [0.2, 0.25) is 0 Å². The third-order valence-corrected chi connectivity index (χ3v) is 6.06. The minimum Gasteiger partial charge on any atom is -0.508 e. The molecule has 2 aromatic rings. The second-order valence-corrected chi connectivity index (χ2v) is 8.10. The Hall–Kier alpha value is -2.71. The van der Waals surface area contributed by atoms with Gasteiger partial charge in [-0.05, 0) is 37.3 Å². The highest BCUT2D eigenvalue weighted by Crippen LogP contribution is 2.51. The molecule has 0 aromatic heterocycles. The first-order valence-electron chi connectivity index (χ1n) is 8.68. The van der Waals surface area contributed by atoms with Crippen molar-refractivity contribution in [2.45, 2.75) is 18.5 Å². The molecule has 2 aliphatic heterocycles. The monoisotopic (exact) mass is 444 g/mol. The first kappa shape index (κ1) is 18.6. The van der Waals surface area contributed by atoms with Gasteiger partial charge >= 0.3 is 5.97 Å². The molecule has 2 saturated heterocycles. The van der Waals surface area contributed by atoms with E-state index in [9.17, 15) is 24.6 Å². The van der Waals surface area contributed by atoms with Crippen molar-refractivity contribution in [2.75, 3.05) is 4.90 Å². The summed E-state index contributed by atoms with van der Waals surface area (Å²) in [6.07, 6.45) is 0. The lowest BCUT2D eigenvalue weighted by atomic mass is 9.80. The molecule has 4 unspecified atom stereocenters. The van der Waals surface area contributed by atoms with Crippen LogP contribution in [-0.2, 0) is 14.4 Å². The topological polar surface area (TPSA) is 107 Å². The third-order valence-electron chi connectivity index (χ3n) is 5.57. The number of carbonyl (C=O) groups is 3. The van der Waals surface area contributed by atoms with Crippen LogP contribution in [0.4, 0.5) is 5.69 Å². The Morgan fingerprint density at radius 3 is 2.46 bits per heavy atom. The van der Waals surface area contributed by atoms with Crippen molar-refractivity contribution in [3.63, 3.8) is 0 Å². The van der Waals surface area contributed by atoms with Gasteiger partial charge < -0.3 is 10.2 Å². The van der Waals surface area contributed by atoms with Gasteiger partial charge in [0.2, 0.25) is 11.8 Å². The molecule has 0 radical (unpaired) electrons. The zero-order chi connectivity index (χ0) is 20.2. The van der Waals surface area contributed by atoms with Crippen molar-refractivity contribution in [3.05, 3.63) is 58.6 Å². The summed E-state index contributed by atoms with van der Waals surface area (Å²) >= 11 is 3.33. The fraction of sp³-hybridized carbons (Fsp3) is 0.250. The Labute approximate surface area is 169 Å². The molecule has 0 saturated carbocycles. The number of rotatable bonds is 3. The summed E-state index contributed by atoms with van der Waals surface area (Å²) < 4.78 is 0.666. The zero-order valence-corrected chi connectivity index (χ0v) is 16.4. The van der Waals surface area contributed by atoms with Crippen molar-refractivity contribution < 1.29 is 24.6 Å². The molecule has 3 N–H and O–H groups in total. The molecule has 7 nitrogen and oxygen atoms in total. The van der Waals surface area contributed by atoms with Gasteiger partial charge in [0.25, 0.3) is 0 Å². The smallest absolute Gasteiger partial charge is 0.324 e. The van der Waals surface area contributed by atoms with Crippen LogP contribution in [0.3, 0.4) is 0 Å². The fourth-order valence-corrected chi connectivity index (χ4v) is 4.59. The summed E-state index contributed by atoms with van der Waals surface area (Å²) in [5, 5.41) is 23.1. The van der Waals surface area contributed by atoms with E-state index in [4.69, 9.17) is 0 Å². The Kier molecular flexibility index (Phi) is 4.28. The summed E-state index contributed by atoms with van der Waals surface area (Å²) in [6, 6.07) is 12.3. The van der Waals surface area contributed by atoms with E-state index in [-0.39, 0.29) is 5.75 Å². The quantitative estimate of drug-likeness (QED) is 0.627. The van der Waals surface area contributed by atoms with Crippen LogP contribution in [0.1, 0.15) is 18.5 Å². The molecule has 144 valence electrons. The molecule has 0 bridgehead atoms. The molecule has 2 aromatic carbocycles. The number of phenolic OH excluding ortho intramolecular Hbond substituents is 1. The van der Waals surface area contributed by atoms with E-state index in [0.717, 1.165) is 4.90 Å². The van der Waals surface area contributed by atoms with Crippen LogP contribution >= 0.6 is 15.9 Å². The molecule has 2 heterocycles. The highest BCUT2D eigenvalue weighted by molar-refractivity contribution is 9.10. The number of nitrogens with one attached hydrogen (secondary N) is 1. The molecule has 2 aliphatic rings. The SMILES string of the molecule is CC1(C(=O)O)NC(c2cc(Br)ccc2O)C2C(=O)N(c3ccccc3)C(=O)C21. The van der Waals surface area contributed by atoms with Gasteiger partial charge in [-0.2, -0.15) is 0 Å². The summed E-state index contributed by atoms with van der Waals surface area (Å²) in [5.41, 5.74) is -0.886. The van der Waals surface area contributed by atoms with Crippen LogP contribution < -0.4 is 10.2 Å². The number of phenols is 1. The minimum atomic E-state index is -1.65. The number of fused-ring (bicyclic) bond motifs is 1. The van der Waals surface area contributed by atoms with Gasteiger partial charge in [0, 0.05) is 16.1 Å². The summed E-state index contributed by atoms with van der Waals surface area (Å²) in [7, 11) is 0. The average molecular weight is 445 g/mol. The lowest BCUT2D eigenvalue weighted by Gasteiger charge is -2.27. The van der Waals surface area contributed by atoms with Gasteiger partial charge in [0.1, 0.15) is 11.3 Å². The number of nitrogens with zero attached hydrogens (tertiary/aromatic N) is 1. The molecule has 2 fully saturated rings. The summed E-state index contributed by atoms with van der Waals surface area (Å²) in [6.45, 7) is 1.40. The van der Waals surface area contributed by atoms with Crippen LogP contribution in [0.25, 0.3) is 0 Å². The number of aliphatic carboxylic acids is 1. The third kappa shape index (κ3) is 2.56. The number of hydrogen-bond donors (Lipinski definition) is 3. The van der Waals surface area contributed by atoms with Gasteiger partial charge in [-0.1, -0.05) is 34.1 Å². The van der Waals surface area contributed by atoms with Crippen molar-refractivity contribution in [2.24, 2.45) is 11.8 Å². The maximum atomic E-state index is 13.3. The number of amides is 2. The predicted octanol–water partition coefficient (Wildman–Crippen LogP) is 2.45. The van der Waals surface area contributed by atoms with Crippen molar-refractivity contribution >= 4 is 39.4 Å². The Balaban J connectivity index is 1.86. The molecule has 0 spiro atoms. The van der Waals surface area contributed by atoms with E-state index in [2.05, 4.69) is 21.2 Å². The standard InChI is InChI=1S/C20H17BrN2O5/c1-20(19(27)28)15-14(16(22-20)12-9-10(21)7-8-13(12)24)17(25)23(18(15)26)11-5-3-2-4-6-11/h2-9,14-16,22,24H,1H3,(H,27,28).